The number of thiophene rings is 1. The molecule has 0 fully saturated rings. The van der Waals surface area contributed by atoms with Crippen molar-refractivity contribution in [1.29, 1.82) is 0 Å². The van der Waals surface area contributed by atoms with Gasteiger partial charge < -0.3 is 5.11 Å². The van der Waals surface area contributed by atoms with Crippen LogP contribution in [-0.2, 0) is 0 Å². The fraction of sp³-hybridized carbons (Fsp3) is 0. The first-order valence-corrected chi connectivity index (χ1v) is 8.62. The van der Waals surface area contributed by atoms with E-state index in [1.54, 1.807) is 6.07 Å². The summed E-state index contributed by atoms with van der Waals surface area (Å²) in [4.78, 5) is 12.4. The van der Waals surface area contributed by atoms with Gasteiger partial charge in [0, 0.05) is 21.0 Å². The standard InChI is InChI=1S/C20H14N2O2S/c23-18-10-9-13-5-1-2-6-14(13)16(18)11-21-22-20(24)17-12-25-19-8-4-3-7-15(17)19/h1-12,23H,(H,22,24). The van der Waals surface area contributed by atoms with E-state index < -0.39 is 0 Å². The van der Waals surface area contributed by atoms with E-state index in [-0.39, 0.29) is 11.7 Å². The number of hydrogen-bond acceptors (Lipinski definition) is 4. The van der Waals surface area contributed by atoms with Gasteiger partial charge in [0.05, 0.1) is 11.8 Å². The van der Waals surface area contributed by atoms with Gasteiger partial charge in [0.15, 0.2) is 0 Å². The molecule has 0 bridgehead atoms. The van der Waals surface area contributed by atoms with Gasteiger partial charge in [-0.15, -0.1) is 11.3 Å². The molecule has 2 N–H and O–H groups in total. The lowest BCUT2D eigenvalue weighted by molar-refractivity contribution is 0.0957. The van der Waals surface area contributed by atoms with Gasteiger partial charge in [0.25, 0.3) is 5.91 Å². The molecule has 0 aliphatic rings. The fourth-order valence-electron chi connectivity index (χ4n) is 2.79. The Bertz CT molecular complexity index is 1120. The number of rotatable bonds is 3. The minimum atomic E-state index is -0.270. The van der Waals surface area contributed by atoms with E-state index in [1.165, 1.54) is 17.6 Å². The maximum Gasteiger partial charge on any atom is 0.272 e. The van der Waals surface area contributed by atoms with Crippen molar-refractivity contribution in [2.45, 2.75) is 0 Å². The van der Waals surface area contributed by atoms with E-state index in [0.29, 0.717) is 11.1 Å². The fourth-order valence-corrected chi connectivity index (χ4v) is 3.73. The second-order valence-corrected chi connectivity index (χ2v) is 6.48. The first-order chi connectivity index (χ1) is 12.2. The molecule has 4 rings (SSSR count). The third kappa shape index (κ3) is 2.86. The van der Waals surface area contributed by atoms with E-state index in [1.807, 2.05) is 60.0 Å². The second-order valence-electron chi connectivity index (χ2n) is 5.56. The molecule has 3 aromatic carbocycles. The minimum absolute atomic E-state index is 0.123. The third-order valence-corrected chi connectivity index (χ3v) is 5.00. The molecule has 25 heavy (non-hydrogen) atoms. The number of hydrogen-bond donors (Lipinski definition) is 2. The van der Waals surface area contributed by atoms with Crippen molar-refractivity contribution < 1.29 is 9.90 Å². The van der Waals surface area contributed by atoms with Gasteiger partial charge in [-0.25, -0.2) is 5.43 Å². The van der Waals surface area contributed by atoms with E-state index in [2.05, 4.69) is 10.5 Å². The van der Waals surface area contributed by atoms with Crippen LogP contribution in [0.1, 0.15) is 15.9 Å². The summed E-state index contributed by atoms with van der Waals surface area (Å²) in [5, 5.41) is 18.7. The number of phenolic OH excluding ortho intramolecular Hbond substituents is 1. The molecule has 0 saturated carbocycles. The van der Waals surface area contributed by atoms with Crippen LogP contribution in [0.5, 0.6) is 5.75 Å². The highest BCUT2D eigenvalue weighted by atomic mass is 32.1. The predicted molar refractivity (Wildman–Crippen MR) is 102 cm³/mol. The number of nitrogens with one attached hydrogen (secondary N) is 1. The van der Waals surface area contributed by atoms with E-state index in [9.17, 15) is 9.90 Å². The van der Waals surface area contributed by atoms with Gasteiger partial charge in [-0.05, 0) is 22.9 Å². The normalized spacial score (nSPS) is 11.4. The van der Waals surface area contributed by atoms with Crippen LogP contribution in [0.3, 0.4) is 0 Å². The molecular weight excluding hydrogens is 332 g/mol. The number of carbonyl (C=O) groups is 1. The summed E-state index contributed by atoms with van der Waals surface area (Å²) < 4.78 is 1.06. The molecular formula is C20H14N2O2S. The van der Waals surface area contributed by atoms with Gasteiger partial charge in [-0.1, -0.05) is 48.5 Å². The van der Waals surface area contributed by atoms with Crippen molar-refractivity contribution >= 4 is 44.3 Å². The van der Waals surface area contributed by atoms with Gasteiger partial charge >= 0.3 is 0 Å². The van der Waals surface area contributed by atoms with Crippen molar-refractivity contribution in [1.82, 2.24) is 5.43 Å². The van der Waals surface area contributed by atoms with Crippen LogP contribution in [0, 0.1) is 0 Å². The lowest BCUT2D eigenvalue weighted by Crippen LogP contribution is -2.17. The lowest BCUT2D eigenvalue weighted by atomic mass is 10.0. The number of hydrazone groups is 1. The predicted octanol–water partition coefficient (Wildman–Crippen LogP) is 4.52. The Morgan fingerprint density at radius 2 is 1.76 bits per heavy atom. The van der Waals surface area contributed by atoms with Gasteiger partial charge in [0.2, 0.25) is 0 Å². The molecule has 4 aromatic rings. The summed E-state index contributed by atoms with van der Waals surface area (Å²) >= 11 is 1.52. The Morgan fingerprint density at radius 1 is 1.00 bits per heavy atom. The highest BCUT2D eigenvalue weighted by Crippen LogP contribution is 2.26. The highest BCUT2D eigenvalue weighted by Gasteiger charge is 2.11. The monoisotopic (exact) mass is 346 g/mol. The summed E-state index contributed by atoms with van der Waals surface area (Å²) in [6, 6.07) is 18.9. The molecule has 5 heteroatoms. The van der Waals surface area contributed by atoms with Crippen molar-refractivity contribution in [3.8, 4) is 5.75 Å². The SMILES string of the molecule is O=C(NN=Cc1c(O)ccc2ccccc12)c1csc2ccccc12. The van der Waals surface area contributed by atoms with Crippen molar-refractivity contribution in [3.63, 3.8) is 0 Å². The molecule has 0 aliphatic heterocycles. The van der Waals surface area contributed by atoms with Crippen LogP contribution in [0.15, 0.2) is 71.1 Å². The minimum Gasteiger partial charge on any atom is -0.507 e. The number of amides is 1. The van der Waals surface area contributed by atoms with Gasteiger partial charge in [0.1, 0.15) is 5.75 Å². The second kappa shape index (κ2) is 6.37. The Labute approximate surface area is 148 Å². The lowest BCUT2D eigenvalue weighted by Gasteiger charge is -2.04. The summed E-state index contributed by atoms with van der Waals surface area (Å²) in [5.41, 5.74) is 3.72. The van der Waals surface area contributed by atoms with Crippen molar-refractivity contribution in [3.05, 3.63) is 77.2 Å². The summed E-state index contributed by atoms with van der Waals surface area (Å²) in [6.07, 6.45) is 1.48. The number of fused-ring (bicyclic) bond motifs is 2. The maximum absolute atomic E-state index is 12.4. The molecule has 1 aromatic heterocycles. The topological polar surface area (TPSA) is 61.7 Å². The van der Waals surface area contributed by atoms with E-state index >= 15 is 0 Å². The maximum atomic E-state index is 12.4. The molecule has 0 atom stereocenters. The first-order valence-electron chi connectivity index (χ1n) is 7.74. The first kappa shape index (κ1) is 15.4. The Hall–Kier alpha value is -3.18. The summed E-state index contributed by atoms with van der Waals surface area (Å²) in [7, 11) is 0. The molecule has 0 unspecified atom stereocenters. The molecule has 0 saturated heterocycles. The van der Waals surface area contributed by atoms with Gasteiger partial charge in [-0.3, -0.25) is 4.79 Å². The highest BCUT2D eigenvalue weighted by molar-refractivity contribution is 7.17. The van der Waals surface area contributed by atoms with Crippen LogP contribution >= 0.6 is 11.3 Å². The zero-order valence-electron chi connectivity index (χ0n) is 13.1. The number of benzene rings is 3. The van der Waals surface area contributed by atoms with Crippen molar-refractivity contribution in [2.75, 3.05) is 0 Å². The average molecular weight is 346 g/mol. The average Bonchev–Trinajstić information content (AvgIpc) is 3.07. The smallest absolute Gasteiger partial charge is 0.272 e. The molecule has 1 amide bonds. The zero-order valence-corrected chi connectivity index (χ0v) is 14.0. The number of nitrogens with zero attached hydrogens (tertiary/aromatic N) is 1. The molecule has 1 heterocycles. The quantitative estimate of drug-likeness (QED) is 0.423. The number of phenols is 1. The molecule has 0 spiro atoms. The molecule has 122 valence electrons. The van der Waals surface area contributed by atoms with Crippen LogP contribution in [-0.4, -0.2) is 17.2 Å². The molecule has 0 radical (unpaired) electrons. The largest absolute Gasteiger partial charge is 0.507 e. The van der Waals surface area contributed by atoms with Crippen LogP contribution in [0.2, 0.25) is 0 Å². The van der Waals surface area contributed by atoms with E-state index in [4.69, 9.17) is 0 Å². The number of aromatic hydroxyl groups is 1. The van der Waals surface area contributed by atoms with Crippen LogP contribution in [0.4, 0.5) is 0 Å². The van der Waals surface area contributed by atoms with Gasteiger partial charge in [-0.2, -0.15) is 5.10 Å². The third-order valence-electron chi connectivity index (χ3n) is 4.03. The number of carbonyl (C=O) groups excluding carboxylic acids is 1. The van der Waals surface area contributed by atoms with E-state index in [0.717, 1.165) is 20.9 Å². The van der Waals surface area contributed by atoms with Crippen LogP contribution < -0.4 is 5.43 Å². The molecule has 0 aliphatic carbocycles. The Kier molecular flexibility index (Phi) is 3.91. The summed E-state index contributed by atoms with van der Waals surface area (Å²) in [5.74, 6) is -0.147. The Balaban J connectivity index is 1.61. The molecule has 4 nitrogen and oxygen atoms in total. The Morgan fingerprint density at radius 3 is 2.64 bits per heavy atom. The zero-order chi connectivity index (χ0) is 17.2. The van der Waals surface area contributed by atoms with Crippen molar-refractivity contribution in [2.24, 2.45) is 5.10 Å². The van der Waals surface area contributed by atoms with Crippen LogP contribution in [0.25, 0.3) is 20.9 Å². The summed E-state index contributed by atoms with van der Waals surface area (Å²) in [6.45, 7) is 0.